The van der Waals surface area contributed by atoms with Crippen LogP contribution in [0, 0.1) is 0 Å². The zero-order valence-electron chi connectivity index (χ0n) is 10.6. The lowest BCUT2D eigenvalue weighted by Gasteiger charge is -2.18. The quantitative estimate of drug-likeness (QED) is 0.537. The van der Waals surface area contributed by atoms with Crippen molar-refractivity contribution in [1.29, 1.82) is 0 Å². The number of anilines is 1. The molecule has 0 saturated heterocycles. The molecule has 86 valence electrons. The highest BCUT2D eigenvalue weighted by Gasteiger charge is 2.06. The van der Waals surface area contributed by atoms with Gasteiger partial charge < -0.3 is 4.90 Å². The van der Waals surface area contributed by atoms with Crippen LogP contribution in [0.2, 0.25) is 6.04 Å². The molecule has 2 heteroatoms. The van der Waals surface area contributed by atoms with E-state index in [1.807, 2.05) is 6.08 Å². The van der Waals surface area contributed by atoms with E-state index in [-0.39, 0.29) is 0 Å². The maximum absolute atomic E-state index is 3.94. The van der Waals surface area contributed by atoms with Crippen molar-refractivity contribution in [3.63, 3.8) is 0 Å². The van der Waals surface area contributed by atoms with Crippen molar-refractivity contribution in [3.8, 4) is 0 Å². The summed E-state index contributed by atoms with van der Waals surface area (Å²) in [4.78, 5) is 2.16. The van der Waals surface area contributed by atoms with E-state index in [0.29, 0.717) is 0 Å². The van der Waals surface area contributed by atoms with E-state index in [1.165, 1.54) is 35.3 Å². The second-order valence-corrected chi connectivity index (χ2v) is 5.51. The molecule has 2 radical (unpaired) electrons. The predicted octanol–water partition coefficient (Wildman–Crippen LogP) is 2.94. The average molecular weight is 231 g/mol. The third-order valence-corrected chi connectivity index (χ3v) is 4.04. The lowest BCUT2D eigenvalue weighted by molar-refractivity contribution is 0.881. The van der Waals surface area contributed by atoms with Crippen molar-refractivity contribution in [2.45, 2.75) is 25.8 Å². The summed E-state index contributed by atoms with van der Waals surface area (Å²) in [5, 5.41) is 1.45. The molecular weight excluding hydrogens is 210 g/mol. The molecule has 0 saturated carbocycles. The SMILES string of the molecule is C=Cc1c([Si]CCCC)cccc1N(C)C. The highest BCUT2D eigenvalue weighted by atomic mass is 28.2. The number of nitrogens with zero attached hydrogens (tertiary/aromatic N) is 1. The van der Waals surface area contributed by atoms with Crippen molar-refractivity contribution < 1.29 is 0 Å². The van der Waals surface area contributed by atoms with Gasteiger partial charge in [0.2, 0.25) is 0 Å². The fourth-order valence-electron chi connectivity index (χ4n) is 1.71. The summed E-state index contributed by atoms with van der Waals surface area (Å²) in [5.41, 5.74) is 2.58. The van der Waals surface area contributed by atoms with Crippen molar-refractivity contribution in [3.05, 3.63) is 30.3 Å². The summed E-state index contributed by atoms with van der Waals surface area (Å²) in [7, 11) is 5.08. The summed E-state index contributed by atoms with van der Waals surface area (Å²) in [5.74, 6) is 0. The van der Waals surface area contributed by atoms with E-state index in [2.05, 4.69) is 50.7 Å². The van der Waals surface area contributed by atoms with Crippen molar-refractivity contribution in [1.82, 2.24) is 0 Å². The Morgan fingerprint density at radius 1 is 1.38 bits per heavy atom. The summed E-state index contributed by atoms with van der Waals surface area (Å²) in [6, 6.07) is 7.84. The Bertz CT molecular complexity index is 345. The van der Waals surface area contributed by atoms with Gasteiger partial charge in [-0.05, 0) is 11.6 Å². The maximum Gasteiger partial charge on any atom is 0.0817 e. The van der Waals surface area contributed by atoms with E-state index in [1.54, 1.807) is 0 Å². The van der Waals surface area contributed by atoms with Crippen LogP contribution in [0.25, 0.3) is 6.08 Å². The zero-order valence-corrected chi connectivity index (χ0v) is 11.6. The largest absolute Gasteiger partial charge is 0.377 e. The first-order valence-electron chi connectivity index (χ1n) is 5.87. The van der Waals surface area contributed by atoms with Gasteiger partial charge in [-0.25, -0.2) is 0 Å². The van der Waals surface area contributed by atoms with Gasteiger partial charge in [-0.3, -0.25) is 0 Å². The van der Waals surface area contributed by atoms with Crippen LogP contribution in [0.3, 0.4) is 0 Å². The lowest BCUT2D eigenvalue weighted by Crippen LogP contribution is -2.21. The van der Waals surface area contributed by atoms with Gasteiger partial charge in [0, 0.05) is 19.8 Å². The number of rotatable bonds is 6. The van der Waals surface area contributed by atoms with Gasteiger partial charge in [-0.15, -0.1) is 0 Å². The molecule has 1 aromatic carbocycles. The van der Waals surface area contributed by atoms with E-state index >= 15 is 0 Å². The number of unbranched alkanes of at least 4 members (excludes halogenated alkanes) is 1. The molecule has 0 spiro atoms. The van der Waals surface area contributed by atoms with Crippen LogP contribution >= 0.6 is 0 Å². The maximum atomic E-state index is 3.94. The summed E-state index contributed by atoms with van der Waals surface area (Å²) < 4.78 is 0. The second-order valence-electron chi connectivity index (χ2n) is 4.12. The van der Waals surface area contributed by atoms with Gasteiger partial charge >= 0.3 is 0 Å². The number of hydrogen-bond acceptors (Lipinski definition) is 1. The Kier molecular flexibility index (Phi) is 5.33. The minimum Gasteiger partial charge on any atom is -0.377 e. The molecule has 0 bridgehead atoms. The molecule has 1 aromatic rings. The Hall–Kier alpha value is -1.02. The Morgan fingerprint density at radius 3 is 2.69 bits per heavy atom. The van der Waals surface area contributed by atoms with E-state index in [4.69, 9.17) is 0 Å². The minimum atomic E-state index is 0.908. The molecule has 0 aromatic heterocycles. The molecule has 0 unspecified atom stereocenters. The van der Waals surface area contributed by atoms with Crippen LogP contribution in [-0.2, 0) is 0 Å². The van der Waals surface area contributed by atoms with Crippen molar-refractivity contribution in [2.75, 3.05) is 19.0 Å². The second kappa shape index (κ2) is 6.54. The standard InChI is InChI=1S/C14H21NSi/c1-5-7-11-16-14-10-8-9-13(15(3)4)12(14)6-2/h6,8-10H,2,5,7,11H2,1,3-4H3. The molecule has 0 amide bonds. The van der Waals surface area contributed by atoms with Crippen LogP contribution in [0.5, 0.6) is 0 Å². The molecule has 0 N–H and O–H groups in total. The van der Waals surface area contributed by atoms with Crippen molar-refractivity contribution >= 4 is 26.5 Å². The average Bonchev–Trinajstić information content (AvgIpc) is 2.29. The zero-order chi connectivity index (χ0) is 12.0. The topological polar surface area (TPSA) is 3.24 Å². The molecule has 0 aliphatic rings. The van der Waals surface area contributed by atoms with Gasteiger partial charge in [0.1, 0.15) is 0 Å². The Morgan fingerprint density at radius 2 is 2.12 bits per heavy atom. The van der Waals surface area contributed by atoms with E-state index in [0.717, 1.165) is 9.52 Å². The van der Waals surface area contributed by atoms with E-state index in [9.17, 15) is 0 Å². The molecule has 1 nitrogen and oxygen atoms in total. The fraction of sp³-hybridized carbons (Fsp3) is 0.429. The van der Waals surface area contributed by atoms with Crippen LogP contribution in [-0.4, -0.2) is 23.6 Å². The van der Waals surface area contributed by atoms with Crippen LogP contribution in [0.1, 0.15) is 25.3 Å². The Labute approximate surface area is 102 Å². The summed E-state index contributed by atoms with van der Waals surface area (Å²) >= 11 is 0. The minimum absolute atomic E-state index is 0.908. The molecule has 0 aliphatic heterocycles. The van der Waals surface area contributed by atoms with Crippen LogP contribution in [0.4, 0.5) is 5.69 Å². The predicted molar refractivity (Wildman–Crippen MR) is 76.0 cm³/mol. The summed E-state index contributed by atoms with van der Waals surface area (Å²) in [6.45, 7) is 6.19. The molecule has 1 rings (SSSR count). The molecule has 0 atom stereocenters. The monoisotopic (exact) mass is 231 g/mol. The molecular formula is C14H21NSi. The molecule has 0 fully saturated rings. The Balaban J connectivity index is 2.90. The van der Waals surface area contributed by atoms with Gasteiger partial charge in [0.05, 0.1) is 9.52 Å². The molecule has 0 heterocycles. The first-order valence-corrected chi connectivity index (χ1v) is 7.08. The fourth-order valence-corrected chi connectivity index (χ4v) is 3.15. The van der Waals surface area contributed by atoms with Gasteiger partial charge in [0.15, 0.2) is 0 Å². The third kappa shape index (κ3) is 3.24. The van der Waals surface area contributed by atoms with Crippen LogP contribution < -0.4 is 10.1 Å². The first kappa shape index (κ1) is 13.0. The van der Waals surface area contributed by atoms with Gasteiger partial charge in [0.25, 0.3) is 0 Å². The number of hydrogen-bond donors (Lipinski definition) is 0. The van der Waals surface area contributed by atoms with Gasteiger partial charge in [-0.1, -0.05) is 55.8 Å². The van der Waals surface area contributed by atoms with Crippen molar-refractivity contribution in [2.24, 2.45) is 0 Å². The van der Waals surface area contributed by atoms with E-state index < -0.39 is 0 Å². The molecule has 16 heavy (non-hydrogen) atoms. The third-order valence-electron chi connectivity index (χ3n) is 2.61. The highest BCUT2D eigenvalue weighted by Crippen LogP contribution is 2.17. The molecule has 0 aliphatic carbocycles. The van der Waals surface area contributed by atoms with Gasteiger partial charge in [-0.2, -0.15) is 0 Å². The van der Waals surface area contributed by atoms with Crippen LogP contribution in [0.15, 0.2) is 24.8 Å². The smallest absolute Gasteiger partial charge is 0.0817 e. The normalized spacial score (nSPS) is 10.2. The number of benzene rings is 1. The lowest BCUT2D eigenvalue weighted by atomic mass is 10.1. The first-order chi connectivity index (χ1) is 7.70. The summed E-state index contributed by atoms with van der Waals surface area (Å²) in [6.07, 6.45) is 4.59. The highest BCUT2D eigenvalue weighted by molar-refractivity contribution is 6.54.